The molecule has 0 saturated carbocycles. The number of carbonyl (C=O) groups is 2. The molecule has 1 aliphatic rings. The summed E-state index contributed by atoms with van der Waals surface area (Å²) in [6.45, 7) is 0.293. The summed E-state index contributed by atoms with van der Waals surface area (Å²) in [6.07, 6.45) is -10.6. The monoisotopic (exact) mass is 660 g/mol. The zero-order valence-electron chi connectivity index (χ0n) is 24.5. The number of fused-ring (bicyclic) bond motifs is 2. The Kier molecular flexibility index (Phi) is 7.78. The standard InChI is InChI=1S/C31H23F7N6O3/c1-42(2)15-17-5-3-4-6-19(17)16-7-9-23(22(32)13-16)43-12-11-20-25(28(43)45)44(40-26(20)30(33,34)35)18-8-10-24-21(14-18)27(41-47-24)39-29(46)31(36,37)38/h3-10,13-14H,11-12,15H2,1-2H3,(H,39,41,46). The summed E-state index contributed by atoms with van der Waals surface area (Å²) in [5.74, 6) is -4.76. The fourth-order valence-electron chi connectivity index (χ4n) is 5.51. The molecule has 6 rings (SSSR count). The van der Waals surface area contributed by atoms with E-state index in [1.54, 1.807) is 17.4 Å². The summed E-state index contributed by atoms with van der Waals surface area (Å²) in [7, 11) is 3.78. The quantitative estimate of drug-likeness (QED) is 0.206. The molecule has 0 saturated heterocycles. The largest absolute Gasteiger partial charge is 0.471 e. The number of rotatable bonds is 6. The molecular formula is C31H23F7N6O3. The van der Waals surface area contributed by atoms with E-state index in [-0.39, 0.29) is 35.3 Å². The van der Waals surface area contributed by atoms with E-state index < -0.39 is 52.8 Å². The minimum Gasteiger partial charge on any atom is -0.354 e. The third-order valence-corrected chi connectivity index (χ3v) is 7.53. The number of halogens is 7. The lowest BCUT2D eigenvalue weighted by Gasteiger charge is -2.28. The van der Waals surface area contributed by atoms with Crippen LogP contribution in [0.25, 0.3) is 27.8 Å². The summed E-state index contributed by atoms with van der Waals surface area (Å²) in [5, 5.41) is 8.43. The van der Waals surface area contributed by atoms with Gasteiger partial charge in [-0.3, -0.25) is 14.9 Å². The number of nitrogens with zero attached hydrogens (tertiary/aromatic N) is 5. The van der Waals surface area contributed by atoms with Gasteiger partial charge in [0, 0.05) is 18.7 Å². The zero-order valence-corrected chi connectivity index (χ0v) is 24.5. The number of nitrogens with one attached hydrogen (secondary N) is 1. The van der Waals surface area contributed by atoms with Gasteiger partial charge < -0.3 is 14.3 Å². The molecule has 16 heteroatoms. The SMILES string of the molecule is CN(C)Cc1ccccc1-c1ccc(N2CCc3c(C(F)(F)F)nn(-c4ccc5onc(NC(=O)C(F)(F)F)c5c4)c3C2=O)c(F)c1. The second-order valence-electron chi connectivity index (χ2n) is 11.0. The molecule has 0 spiro atoms. The molecule has 5 aromatic rings. The fourth-order valence-corrected chi connectivity index (χ4v) is 5.51. The van der Waals surface area contributed by atoms with Crippen molar-refractivity contribution in [2.24, 2.45) is 0 Å². The predicted octanol–water partition coefficient (Wildman–Crippen LogP) is 6.60. The van der Waals surface area contributed by atoms with Gasteiger partial charge in [0.15, 0.2) is 17.1 Å². The highest BCUT2D eigenvalue weighted by Crippen LogP contribution is 2.39. The Morgan fingerprint density at radius 3 is 2.45 bits per heavy atom. The van der Waals surface area contributed by atoms with Crippen molar-refractivity contribution in [2.45, 2.75) is 25.3 Å². The predicted molar refractivity (Wildman–Crippen MR) is 155 cm³/mol. The Morgan fingerprint density at radius 1 is 1.02 bits per heavy atom. The number of hydrogen-bond donors (Lipinski definition) is 1. The molecule has 244 valence electrons. The van der Waals surface area contributed by atoms with Gasteiger partial charge in [0.05, 0.1) is 16.8 Å². The van der Waals surface area contributed by atoms with E-state index in [4.69, 9.17) is 4.52 Å². The van der Waals surface area contributed by atoms with Crippen molar-refractivity contribution in [3.05, 3.63) is 89.0 Å². The molecule has 0 atom stereocenters. The Labute approximate surface area is 261 Å². The molecule has 0 unspecified atom stereocenters. The van der Waals surface area contributed by atoms with Gasteiger partial charge in [0.25, 0.3) is 5.91 Å². The van der Waals surface area contributed by atoms with Crippen LogP contribution in [-0.4, -0.2) is 58.5 Å². The first-order valence-corrected chi connectivity index (χ1v) is 13.9. The van der Waals surface area contributed by atoms with Gasteiger partial charge in [0.1, 0.15) is 11.5 Å². The first-order valence-electron chi connectivity index (χ1n) is 13.9. The van der Waals surface area contributed by atoms with Gasteiger partial charge in [-0.15, -0.1) is 0 Å². The number of hydrogen-bond acceptors (Lipinski definition) is 6. The van der Waals surface area contributed by atoms with E-state index in [9.17, 15) is 35.9 Å². The Bertz CT molecular complexity index is 2030. The van der Waals surface area contributed by atoms with Crippen LogP contribution < -0.4 is 10.2 Å². The molecular weight excluding hydrogens is 637 g/mol. The molecule has 0 aliphatic carbocycles. The number of anilines is 2. The van der Waals surface area contributed by atoms with E-state index in [2.05, 4.69) is 10.3 Å². The van der Waals surface area contributed by atoms with E-state index in [0.29, 0.717) is 16.8 Å². The number of amides is 2. The van der Waals surface area contributed by atoms with Crippen LogP contribution in [0.2, 0.25) is 0 Å². The maximum absolute atomic E-state index is 15.7. The maximum Gasteiger partial charge on any atom is 0.471 e. The average Bonchev–Trinajstić information content (AvgIpc) is 3.59. The zero-order chi connectivity index (χ0) is 33.8. The second-order valence-corrected chi connectivity index (χ2v) is 11.0. The van der Waals surface area contributed by atoms with Crippen molar-refractivity contribution >= 4 is 34.3 Å². The van der Waals surface area contributed by atoms with Gasteiger partial charge >= 0.3 is 18.3 Å². The van der Waals surface area contributed by atoms with Crippen LogP contribution in [-0.2, 0) is 23.9 Å². The first-order chi connectivity index (χ1) is 22.1. The van der Waals surface area contributed by atoms with Gasteiger partial charge in [0.2, 0.25) is 0 Å². The first kappa shape index (κ1) is 31.7. The average molecular weight is 661 g/mol. The van der Waals surface area contributed by atoms with Crippen LogP contribution in [0.3, 0.4) is 0 Å². The smallest absolute Gasteiger partial charge is 0.354 e. The van der Waals surface area contributed by atoms with Crippen molar-refractivity contribution < 1.29 is 44.8 Å². The minimum atomic E-state index is -5.26. The van der Waals surface area contributed by atoms with E-state index in [1.807, 2.05) is 37.2 Å². The third-order valence-electron chi connectivity index (χ3n) is 7.53. The Hall–Kier alpha value is -5.25. The summed E-state index contributed by atoms with van der Waals surface area (Å²) >= 11 is 0. The lowest BCUT2D eigenvalue weighted by atomic mass is 9.98. The van der Waals surface area contributed by atoms with Crippen LogP contribution in [0.4, 0.5) is 42.2 Å². The van der Waals surface area contributed by atoms with Gasteiger partial charge in [-0.1, -0.05) is 35.5 Å². The molecule has 9 nitrogen and oxygen atoms in total. The maximum atomic E-state index is 15.7. The molecule has 3 aromatic carbocycles. The number of aromatic nitrogens is 3. The topological polar surface area (TPSA) is 96.5 Å². The molecule has 47 heavy (non-hydrogen) atoms. The molecule has 1 N–H and O–H groups in total. The van der Waals surface area contributed by atoms with Crippen molar-refractivity contribution in [3.63, 3.8) is 0 Å². The second kappa shape index (κ2) is 11.5. The minimum absolute atomic E-state index is 0.106. The van der Waals surface area contributed by atoms with E-state index in [0.717, 1.165) is 22.1 Å². The van der Waals surface area contributed by atoms with Crippen LogP contribution in [0, 0.1) is 5.82 Å². The summed E-state index contributed by atoms with van der Waals surface area (Å²) in [6, 6.07) is 15.1. The van der Waals surface area contributed by atoms with E-state index in [1.165, 1.54) is 24.3 Å². The van der Waals surface area contributed by atoms with Crippen molar-refractivity contribution in [2.75, 3.05) is 30.9 Å². The van der Waals surface area contributed by atoms with Crippen LogP contribution in [0.5, 0.6) is 0 Å². The molecule has 0 bridgehead atoms. The Balaban J connectivity index is 1.41. The number of alkyl halides is 6. The summed E-state index contributed by atoms with van der Waals surface area (Å²) in [4.78, 5) is 28.3. The van der Waals surface area contributed by atoms with Crippen LogP contribution in [0.1, 0.15) is 27.3 Å². The van der Waals surface area contributed by atoms with Crippen molar-refractivity contribution in [1.29, 1.82) is 0 Å². The molecule has 2 aromatic heterocycles. The lowest BCUT2D eigenvalue weighted by molar-refractivity contribution is -0.167. The Morgan fingerprint density at radius 2 is 1.77 bits per heavy atom. The normalized spacial score (nSPS) is 13.8. The highest BCUT2D eigenvalue weighted by atomic mass is 19.4. The fraction of sp³-hybridized carbons (Fsp3) is 0.226. The van der Waals surface area contributed by atoms with Crippen LogP contribution in [0.15, 0.2) is 65.2 Å². The molecule has 3 heterocycles. The highest BCUT2D eigenvalue weighted by Gasteiger charge is 2.44. The van der Waals surface area contributed by atoms with Crippen LogP contribution >= 0.6 is 0 Å². The van der Waals surface area contributed by atoms with Gasteiger partial charge in [-0.2, -0.15) is 31.4 Å². The van der Waals surface area contributed by atoms with E-state index >= 15 is 4.39 Å². The van der Waals surface area contributed by atoms with Gasteiger partial charge in [-0.05, 0) is 67.5 Å². The number of carbonyl (C=O) groups excluding carboxylic acids is 2. The molecule has 0 fully saturated rings. The summed E-state index contributed by atoms with van der Waals surface area (Å²) < 4.78 is 102. The van der Waals surface area contributed by atoms with Crippen molar-refractivity contribution in [3.8, 4) is 16.8 Å². The van der Waals surface area contributed by atoms with Crippen molar-refractivity contribution in [1.82, 2.24) is 19.8 Å². The molecule has 2 amide bonds. The number of benzene rings is 3. The molecule has 0 radical (unpaired) electrons. The molecule has 1 aliphatic heterocycles. The highest BCUT2D eigenvalue weighted by molar-refractivity contribution is 6.08. The van der Waals surface area contributed by atoms with Gasteiger partial charge in [-0.25, -0.2) is 9.07 Å². The third kappa shape index (κ3) is 5.91. The summed E-state index contributed by atoms with van der Waals surface area (Å²) in [5.41, 5.74) is -0.506. The lowest BCUT2D eigenvalue weighted by Crippen LogP contribution is -2.39.